The number of halogens is 1. The Morgan fingerprint density at radius 2 is 2.05 bits per heavy atom. The summed E-state index contributed by atoms with van der Waals surface area (Å²) >= 11 is 0. The van der Waals surface area contributed by atoms with Gasteiger partial charge in [-0.15, -0.1) is 0 Å². The van der Waals surface area contributed by atoms with Crippen LogP contribution in [0.4, 0.5) is 10.1 Å². The van der Waals surface area contributed by atoms with Crippen molar-refractivity contribution in [2.45, 2.75) is 25.4 Å². The van der Waals surface area contributed by atoms with E-state index in [9.17, 15) is 9.18 Å². The summed E-state index contributed by atoms with van der Waals surface area (Å²) in [4.78, 5) is 15.0. The predicted molar refractivity (Wildman–Crippen MR) is 78.2 cm³/mol. The number of amides is 1. The molecule has 0 atom stereocenters. The average molecular weight is 279 g/mol. The molecule has 5 heteroatoms. The van der Waals surface area contributed by atoms with Crippen LogP contribution in [0.3, 0.4) is 0 Å². The van der Waals surface area contributed by atoms with E-state index in [1.165, 1.54) is 23.8 Å². The maximum absolute atomic E-state index is 14.1. The van der Waals surface area contributed by atoms with Crippen molar-refractivity contribution in [1.29, 1.82) is 0 Å². The van der Waals surface area contributed by atoms with Crippen LogP contribution in [0.5, 0.6) is 0 Å². The maximum atomic E-state index is 14.1. The van der Waals surface area contributed by atoms with Gasteiger partial charge in [-0.25, -0.2) is 4.39 Å². The molecule has 1 amide bonds. The molecule has 1 aromatic carbocycles. The molecule has 0 bridgehead atoms. The lowest BCUT2D eigenvalue weighted by Gasteiger charge is -2.24. The number of likely N-dealkylation sites (N-methyl/N-ethyl adjacent to an activating group) is 2. The summed E-state index contributed by atoms with van der Waals surface area (Å²) in [6.07, 6.45) is 2.39. The molecular weight excluding hydrogens is 257 g/mol. The zero-order valence-corrected chi connectivity index (χ0v) is 12.3. The smallest absolute Gasteiger partial charge is 0.241 e. The zero-order valence-electron chi connectivity index (χ0n) is 12.3. The normalized spacial score (nSPS) is 14.2. The molecular formula is C15H22FN3O. The molecule has 0 saturated heterocycles. The van der Waals surface area contributed by atoms with Gasteiger partial charge < -0.3 is 15.1 Å². The van der Waals surface area contributed by atoms with Crippen molar-refractivity contribution in [3.63, 3.8) is 0 Å². The molecule has 20 heavy (non-hydrogen) atoms. The van der Waals surface area contributed by atoms with Gasteiger partial charge in [0, 0.05) is 33.7 Å². The molecule has 1 aliphatic rings. The van der Waals surface area contributed by atoms with Crippen LogP contribution in [0, 0.1) is 5.82 Å². The fourth-order valence-corrected chi connectivity index (χ4v) is 2.10. The van der Waals surface area contributed by atoms with Crippen molar-refractivity contribution in [1.82, 2.24) is 10.2 Å². The number of hydrogen-bond donors (Lipinski definition) is 1. The lowest BCUT2D eigenvalue weighted by Crippen LogP contribution is -2.35. The Bertz CT molecular complexity index is 486. The third-order valence-corrected chi connectivity index (χ3v) is 3.48. The third kappa shape index (κ3) is 3.70. The zero-order chi connectivity index (χ0) is 14.7. The molecule has 1 N–H and O–H groups in total. The Kier molecular flexibility index (Phi) is 4.60. The van der Waals surface area contributed by atoms with E-state index >= 15 is 0 Å². The number of nitrogens with one attached hydrogen (secondary N) is 1. The van der Waals surface area contributed by atoms with Crippen molar-refractivity contribution >= 4 is 11.6 Å². The summed E-state index contributed by atoms with van der Waals surface area (Å²) in [6, 6.07) is 5.63. The summed E-state index contributed by atoms with van der Waals surface area (Å²) < 4.78 is 14.1. The van der Waals surface area contributed by atoms with Crippen LogP contribution in [0.2, 0.25) is 0 Å². The minimum atomic E-state index is -0.283. The molecule has 2 rings (SSSR count). The van der Waals surface area contributed by atoms with Crippen molar-refractivity contribution in [2.75, 3.05) is 32.6 Å². The van der Waals surface area contributed by atoms with Crippen LogP contribution in [-0.4, -0.2) is 44.5 Å². The van der Waals surface area contributed by atoms with E-state index in [0.29, 0.717) is 18.3 Å². The summed E-state index contributed by atoms with van der Waals surface area (Å²) in [5.74, 6) is -0.328. The van der Waals surface area contributed by atoms with Crippen LogP contribution in [0.15, 0.2) is 18.2 Å². The van der Waals surface area contributed by atoms with Gasteiger partial charge in [0.2, 0.25) is 5.91 Å². The minimum absolute atomic E-state index is 0.0446. The van der Waals surface area contributed by atoms with Crippen LogP contribution >= 0.6 is 0 Å². The number of benzene rings is 1. The average Bonchev–Trinajstić information content (AvgIpc) is 3.19. The van der Waals surface area contributed by atoms with Crippen LogP contribution in [0.25, 0.3) is 0 Å². The molecule has 0 unspecified atom stereocenters. The number of carbonyl (C=O) groups excluding carboxylic acids is 1. The standard InChI is InChI=1S/C15H22FN3O/c1-18(2)14(20)10-19(3)15-11(5-4-6-13(15)16)9-17-12-7-8-12/h4-6,12,17H,7-10H2,1-3H3. The summed E-state index contributed by atoms with van der Waals surface area (Å²) in [5, 5.41) is 3.38. The first kappa shape index (κ1) is 14.8. The Labute approximate surface area is 119 Å². The molecule has 0 spiro atoms. The van der Waals surface area contributed by atoms with E-state index < -0.39 is 0 Å². The van der Waals surface area contributed by atoms with Gasteiger partial charge in [-0.1, -0.05) is 12.1 Å². The van der Waals surface area contributed by atoms with E-state index in [1.807, 2.05) is 6.07 Å². The lowest BCUT2D eigenvalue weighted by atomic mass is 10.1. The number of anilines is 1. The Balaban J connectivity index is 2.12. The monoisotopic (exact) mass is 279 g/mol. The van der Waals surface area contributed by atoms with Gasteiger partial charge in [0.25, 0.3) is 0 Å². The molecule has 110 valence electrons. The van der Waals surface area contributed by atoms with Gasteiger partial charge in [-0.3, -0.25) is 4.79 Å². The second-order valence-corrected chi connectivity index (χ2v) is 5.55. The third-order valence-electron chi connectivity index (χ3n) is 3.48. The Morgan fingerprint density at radius 3 is 2.65 bits per heavy atom. The molecule has 1 fully saturated rings. The number of para-hydroxylation sites is 1. The van der Waals surface area contributed by atoms with E-state index in [2.05, 4.69) is 5.32 Å². The molecule has 0 radical (unpaired) electrons. The summed E-state index contributed by atoms with van der Waals surface area (Å²) in [7, 11) is 5.15. The van der Waals surface area contributed by atoms with E-state index in [-0.39, 0.29) is 18.3 Å². The van der Waals surface area contributed by atoms with Crippen molar-refractivity contribution < 1.29 is 9.18 Å². The Hall–Kier alpha value is -1.62. The van der Waals surface area contributed by atoms with Crippen LogP contribution in [0.1, 0.15) is 18.4 Å². The molecule has 1 aromatic rings. The summed E-state index contributed by atoms with van der Waals surface area (Å²) in [6.45, 7) is 0.808. The van der Waals surface area contributed by atoms with Crippen LogP contribution in [-0.2, 0) is 11.3 Å². The van der Waals surface area contributed by atoms with Crippen molar-refractivity contribution in [2.24, 2.45) is 0 Å². The minimum Gasteiger partial charge on any atom is -0.363 e. The number of rotatable bonds is 6. The topological polar surface area (TPSA) is 35.6 Å². The highest BCUT2D eigenvalue weighted by molar-refractivity contribution is 5.81. The van der Waals surface area contributed by atoms with Gasteiger partial charge >= 0.3 is 0 Å². The second kappa shape index (κ2) is 6.22. The molecule has 0 aliphatic heterocycles. The highest BCUT2D eigenvalue weighted by Gasteiger charge is 2.22. The molecule has 1 aliphatic carbocycles. The second-order valence-electron chi connectivity index (χ2n) is 5.55. The van der Waals surface area contributed by atoms with Crippen molar-refractivity contribution in [3.05, 3.63) is 29.6 Å². The molecule has 0 aromatic heterocycles. The van der Waals surface area contributed by atoms with Gasteiger partial charge in [0.05, 0.1) is 12.2 Å². The number of carbonyl (C=O) groups is 1. The summed E-state index contributed by atoms with van der Waals surface area (Å²) in [5.41, 5.74) is 1.40. The van der Waals surface area contributed by atoms with Gasteiger partial charge in [-0.05, 0) is 24.5 Å². The first-order chi connectivity index (χ1) is 9.49. The molecule has 4 nitrogen and oxygen atoms in total. The first-order valence-corrected chi connectivity index (χ1v) is 6.91. The van der Waals surface area contributed by atoms with Crippen molar-refractivity contribution in [3.8, 4) is 0 Å². The fraction of sp³-hybridized carbons (Fsp3) is 0.533. The van der Waals surface area contributed by atoms with E-state index in [0.717, 1.165) is 5.56 Å². The van der Waals surface area contributed by atoms with Crippen LogP contribution < -0.4 is 10.2 Å². The van der Waals surface area contributed by atoms with Gasteiger partial charge in [0.15, 0.2) is 0 Å². The molecule has 0 heterocycles. The predicted octanol–water partition coefficient (Wildman–Crippen LogP) is 1.60. The Morgan fingerprint density at radius 1 is 1.35 bits per heavy atom. The van der Waals surface area contributed by atoms with E-state index in [1.54, 1.807) is 32.1 Å². The quantitative estimate of drug-likeness (QED) is 0.859. The highest BCUT2D eigenvalue weighted by Crippen LogP contribution is 2.25. The number of nitrogens with zero attached hydrogens (tertiary/aromatic N) is 2. The largest absolute Gasteiger partial charge is 0.363 e. The van der Waals surface area contributed by atoms with E-state index in [4.69, 9.17) is 0 Å². The first-order valence-electron chi connectivity index (χ1n) is 6.91. The molecule has 1 saturated carbocycles. The highest BCUT2D eigenvalue weighted by atomic mass is 19.1. The number of hydrogen-bond acceptors (Lipinski definition) is 3. The van der Waals surface area contributed by atoms with Gasteiger partial charge in [0.1, 0.15) is 5.82 Å². The fourth-order valence-electron chi connectivity index (χ4n) is 2.10. The maximum Gasteiger partial charge on any atom is 0.241 e. The SMILES string of the molecule is CN(C)C(=O)CN(C)c1c(F)cccc1CNC1CC1. The van der Waals surface area contributed by atoms with Gasteiger partial charge in [-0.2, -0.15) is 0 Å². The lowest BCUT2D eigenvalue weighted by molar-refractivity contribution is -0.127.